The summed E-state index contributed by atoms with van der Waals surface area (Å²) in [5.74, 6) is 3.99. The Morgan fingerprint density at radius 2 is 1.57 bits per heavy atom. The van der Waals surface area contributed by atoms with Gasteiger partial charge in [0.15, 0.2) is 17.3 Å². The Morgan fingerprint density at radius 1 is 0.881 bits per heavy atom. The maximum Gasteiger partial charge on any atom is 0.203 e. The molecule has 2 aliphatic heterocycles. The molecule has 0 unspecified atom stereocenters. The molecule has 2 aliphatic rings. The number of ether oxygens (including phenoxy) is 7. The van der Waals surface area contributed by atoms with Crippen LogP contribution in [-0.4, -0.2) is 53.5 Å². The van der Waals surface area contributed by atoms with Gasteiger partial charge in [-0.3, -0.25) is 4.79 Å². The topological polar surface area (TPSA) is 81.7 Å². The van der Waals surface area contributed by atoms with Crippen molar-refractivity contribution in [3.63, 3.8) is 0 Å². The molecule has 0 N–H and O–H groups in total. The average molecular weight is 573 g/mol. The molecule has 8 heteroatoms. The minimum atomic E-state index is -0.355. The Labute approximate surface area is 246 Å². The third-order valence-electron chi connectivity index (χ3n) is 7.54. The number of fused-ring (bicyclic) bond motifs is 3. The second kappa shape index (κ2) is 11.7. The van der Waals surface area contributed by atoms with Gasteiger partial charge in [-0.05, 0) is 74.4 Å². The maximum absolute atomic E-state index is 13.2. The molecule has 0 saturated carbocycles. The Kier molecular flexibility index (Phi) is 8.07. The lowest BCUT2D eigenvalue weighted by Crippen LogP contribution is -2.28. The van der Waals surface area contributed by atoms with E-state index in [1.54, 1.807) is 32.4 Å². The highest BCUT2D eigenvalue weighted by Gasteiger charge is 2.30. The van der Waals surface area contributed by atoms with Crippen LogP contribution in [0.25, 0.3) is 12.2 Å². The number of hydrogen-bond donors (Lipinski definition) is 0. The molecule has 0 spiro atoms. The summed E-state index contributed by atoms with van der Waals surface area (Å²) in [6.45, 7) is 4.53. The number of rotatable bonds is 9. The lowest BCUT2D eigenvalue weighted by molar-refractivity contribution is 0.104. The Morgan fingerprint density at radius 3 is 2.21 bits per heavy atom. The van der Waals surface area contributed by atoms with Crippen molar-refractivity contribution in [3.8, 4) is 40.2 Å². The van der Waals surface area contributed by atoms with Crippen molar-refractivity contribution in [2.45, 2.75) is 31.8 Å². The second-order valence-corrected chi connectivity index (χ2v) is 10.7. The third kappa shape index (κ3) is 5.49. The summed E-state index contributed by atoms with van der Waals surface area (Å²) < 4.78 is 40.1. The van der Waals surface area contributed by atoms with Crippen molar-refractivity contribution in [2.24, 2.45) is 0 Å². The van der Waals surface area contributed by atoms with Gasteiger partial charge in [-0.15, -0.1) is 0 Å². The van der Waals surface area contributed by atoms with Crippen LogP contribution in [0.1, 0.15) is 52.4 Å². The lowest BCUT2D eigenvalue weighted by Gasteiger charge is -2.32. The molecule has 1 atom stereocenters. The minimum absolute atomic E-state index is 0.0271. The van der Waals surface area contributed by atoms with Crippen LogP contribution in [-0.2, 0) is 6.42 Å². The van der Waals surface area contributed by atoms with Crippen LogP contribution in [0.3, 0.4) is 0 Å². The van der Waals surface area contributed by atoms with E-state index in [2.05, 4.69) is 18.2 Å². The van der Waals surface area contributed by atoms with Crippen molar-refractivity contribution in [3.05, 3.63) is 76.4 Å². The molecule has 0 bridgehead atoms. The zero-order valence-electron chi connectivity index (χ0n) is 25.0. The van der Waals surface area contributed by atoms with Crippen LogP contribution in [0.4, 0.5) is 0 Å². The van der Waals surface area contributed by atoms with Gasteiger partial charge in [-0.2, -0.15) is 0 Å². The Hall–Kier alpha value is -4.59. The summed E-state index contributed by atoms with van der Waals surface area (Å²) in [6.07, 6.45) is 8.14. The number of allylic oxidation sites excluding steroid dienone is 1. The molecule has 0 fully saturated rings. The van der Waals surface area contributed by atoms with Crippen LogP contribution in [0.2, 0.25) is 0 Å². The molecule has 2 heterocycles. The van der Waals surface area contributed by atoms with Crippen molar-refractivity contribution in [1.82, 2.24) is 0 Å². The van der Waals surface area contributed by atoms with Gasteiger partial charge in [0, 0.05) is 28.7 Å². The molecular weight excluding hydrogens is 536 g/mol. The first-order chi connectivity index (χ1) is 20.2. The molecule has 5 rings (SSSR count). The van der Waals surface area contributed by atoms with Crippen LogP contribution < -0.4 is 33.2 Å². The first kappa shape index (κ1) is 28.9. The van der Waals surface area contributed by atoms with Gasteiger partial charge in [-0.1, -0.05) is 6.07 Å². The molecule has 0 amide bonds. The Bertz CT molecular complexity index is 1540. The van der Waals surface area contributed by atoms with Gasteiger partial charge < -0.3 is 33.2 Å². The molecule has 0 radical (unpaired) electrons. The highest BCUT2D eigenvalue weighted by molar-refractivity contribution is 6.07. The SMILES string of the molecule is COc1cc(OC)c([C@@H]2COc3c(ccc4c3C=CC(C)(C)O4)C2)cc1/C=C/C(=O)c1cc(OC)c(OC)c(OC)c1. The number of methoxy groups -OCH3 is 5. The van der Waals surface area contributed by atoms with E-state index in [0.29, 0.717) is 40.9 Å². The zero-order chi connectivity index (χ0) is 30.0. The summed E-state index contributed by atoms with van der Waals surface area (Å²) in [7, 11) is 7.77. The first-order valence-electron chi connectivity index (χ1n) is 13.7. The quantitative estimate of drug-likeness (QED) is 0.212. The summed E-state index contributed by atoms with van der Waals surface area (Å²) in [4.78, 5) is 13.2. The Balaban J connectivity index is 1.45. The van der Waals surface area contributed by atoms with E-state index in [4.69, 9.17) is 33.2 Å². The van der Waals surface area contributed by atoms with Crippen molar-refractivity contribution >= 4 is 17.9 Å². The highest BCUT2D eigenvalue weighted by Crippen LogP contribution is 2.45. The van der Waals surface area contributed by atoms with Crippen LogP contribution in [0.15, 0.2) is 48.6 Å². The smallest absolute Gasteiger partial charge is 0.203 e. The van der Waals surface area contributed by atoms with Crippen molar-refractivity contribution < 1.29 is 38.0 Å². The normalized spacial score (nSPS) is 16.5. The van der Waals surface area contributed by atoms with Gasteiger partial charge in [0.1, 0.15) is 28.6 Å². The van der Waals surface area contributed by atoms with Gasteiger partial charge >= 0.3 is 0 Å². The molecule has 0 aliphatic carbocycles. The fourth-order valence-electron chi connectivity index (χ4n) is 5.40. The number of carbonyl (C=O) groups excluding carboxylic acids is 1. The van der Waals surface area contributed by atoms with Gasteiger partial charge in [-0.25, -0.2) is 0 Å². The van der Waals surface area contributed by atoms with E-state index < -0.39 is 0 Å². The van der Waals surface area contributed by atoms with E-state index in [0.717, 1.165) is 40.2 Å². The zero-order valence-corrected chi connectivity index (χ0v) is 25.0. The number of benzene rings is 3. The fourth-order valence-corrected chi connectivity index (χ4v) is 5.40. The molecule has 3 aromatic rings. The minimum Gasteiger partial charge on any atom is -0.496 e. The van der Waals surface area contributed by atoms with Crippen LogP contribution in [0.5, 0.6) is 40.2 Å². The van der Waals surface area contributed by atoms with E-state index in [1.807, 2.05) is 32.0 Å². The molecule has 42 heavy (non-hydrogen) atoms. The van der Waals surface area contributed by atoms with E-state index in [1.165, 1.54) is 27.4 Å². The lowest BCUT2D eigenvalue weighted by atomic mass is 9.87. The molecule has 0 aromatic heterocycles. The monoisotopic (exact) mass is 572 g/mol. The molecule has 3 aromatic carbocycles. The predicted octanol–water partition coefficient (Wildman–Crippen LogP) is 6.53. The van der Waals surface area contributed by atoms with Gasteiger partial charge in [0.2, 0.25) is 5.75 Å². The molecule has 0 saturated heterocycles. The average Bonchev–Trinajstić information content (AvgIpc) is 3.01. The summed E-state index contributed by atoms with van der Waals surface area (Å²) in [6, 6.07) is 11.2. The predicted molar refractivity (Wildman–Crippen MR) is 161 cm³/mol. The van der Waals surface area contributed by atoms with Crippen molar-refractivity contribution in [1.29, 1.82) is 0 Å². The van der Waals surface area contributed by atoms with E-state index in [-0.39, 0.29) is 17.3 Å². The number of carbonyl (C=O) groups is 1. The number of ketones is 1. The largest absolute Gasteiger partial charge is 0.496 e. The molecule has 220 valence electrons. The highest BCUT2D eigenvalue weighted by atomic mass is 16.5. The summed E-state index contributed by atoms with van der Waals surface area (Å²) in [5.41, 5.74) is 3.83. The fraction of sp³-hybridized carbons (Fsp3) is 0.324. The molecule has 8 nitrogen and oxygen atoms in total. The summed E-state index contributed by atoms with van der Waals surface area (Å²) in [5, 5.41) is 0. The standard InChI is InChI=1S/C34H36O8/c1-34(2)13-12-24-27(42-34)11-9-21-14-23(19-41-32(21)24)25-15-20(28(36-3)18-29(25)37-4)8-10-26(35)22-16-30(38-5)33(40-7)31(17-22)39-6/h8-13,15-18,23H,14,19H2,1-7H3/b10-8+/t23-/m0/s1. The van der Waals surface area contributed by atoms with Gasteiger partial charge in [0.25, 0.3) is 0 Å². The maximum atomic E-state index is 13.2. The molecular formula is C34H36O8. The van der Waals surface area contributed by atoms with Gasteiger partial charge in [0.05, 0.1) is 47.7 Å². The third-order valence-corrected chi connectivity index (χ3v) is 7.54. The second-order valence-electron chi connectivity index (χ2n) is 10.7. The van der Waals surface area contributed by atoms with Crippen molar-refractivity contribution in [2.75, 3.05) is 42.2 Å². The number of hydrogen-bond acceptors (Lipinski definition) is 8. The van der Waals surface area contributed by atoms with Crippen LogP contribution >= 0.6 is 0 Å². The van der Waals surface area contributed by atoms with E-state index >= 15 is 0 Å². The van der Waals surface area contributed by atoms with E-state index in [9.17, 15) is 4.79 Å². The summed E-state index contributed by atoms with van der Waals surface area (Å²) >= 11 is 0. The van der Waals surface area contributed by atoms with Crippen LogP contribution in [0, 0.1) is 0 Å². The first-order valence-corrected chi connectivity index (χ1v) is 13.7.